The van der Waals surface area contributed by atoms with Gasteiger partial charge >= 0.3 is 0 Å². The van der Waals surface area contributed by atoms with Crippen LogP contribution in [0.1, 0.15) is 0 Å². The van der Waals surface area contributed by atoms with E-state index in [2.05, 4.69) is 501 Å². The maximum absolute atomic E-state index is 2.42. The van der Waals surface area contributed by atoms with E-state index in [-0.39, 0.29) is 0 Å². The third-order valence-corrected chi connectivity index (χ3v) is 24.5. The highest BCUT2D eigenvalue weighted by Crippen LogP contribution is 2.39. The van der Waals surface area contributed by atoms with E-state index in [1.807, 2.05) is 0 Å². The minimum Gasteiger partial charge on any atom is -0.310 e. The minimum absolute atomic E-state index is 1.13. The zero-order chi connectivity index (χ0) is 80.6. The summed E-state index contributed by atoms with van der Waals surface area (Å²) in [4.78, 5) is 0. The van der Waals surface area contributed by atoms with Gasteiger partial charge in [-0.25, -0.2) is 0 Å². The maximum Gasteiger partial charge on any atom is 0.0540 e. The molecule has 0 fully saturated rings. The van der Waals surface area contributed by atoms with Crippen molar-refractivity contribution < 1.29 is 0 Å². The van der Waals surface area contributed by atoms with Gasteiger partial charge in [0.15, 0.2) is 0 Å². The standard InChI is InChI=1S/C44H30N2.C40H26N2.C32H22N2/c1-3-9-31(10-4-1)33-17-23-37(24-18-33)45-39-27-21-36-14-8-16-44(42(36)29-39)46(40-28-22-35-13-7-15-43(45)41(35)30-40)38-25-19-34(20-26-38)32-11-5-2-6-12-32;1-3-9-31-23-33(19-15-27(31)7-1)41-35-21-17-30-12-6-14-40(38(30)25-35)42(34-20-16-28-8-2-4-10-32(28)24-34)36-22-18-29-11-5-13-39(41)37(29)26-36;1-3-11-25(12-4-1)33-27-19-17-24-10-8-16-32(30(24)21-27)34(26-13-5-2-6-14-26)28-20-18-23-9-7-15-31(33)29(23)22-28/h1-30H;1-26H;1-22H. The van der Waals surface area contributed by atoms with Gasteiger partial charge in [0.1, 0.15) is 0 Å². The molecule has 572 valence electrons. The van der Waals surface area contributed by atoms with Crippen LogP contribution in [-0.2, 0) is 0 Å². The number of benzene rings is 22. The molecule has 0 radical (unpaired) electrons. The summed E-state index contributed by atoms with van der Waals surface area (Å²) in [6.07, 6.45) is 0. The van der Waals surface area contributed by atoms with Crippen molar-refractivity contribution in [3.63, 3.8) is 0 Å². The average Bonchev–Trinajstić information content (AvgIpc) is 0.748. The second-order valence-corrected chi connectivity index (χ2v) is 31.7. The Balaban J connectivity index is 0.000000107. The van der Waals surface area contributed by atoms with Crippen LogP contribution in [0.3, 0.4) is 0 Å². The van der Waals surface area contributed by atoms with Crippen LogP contribution in [0, 0.1) is 0 Å². The SMILES string of the molecule is c1ccc(-c2ccc(-n3c4ccc5cccc(c5c4)n(-c4ccc(-c5ccccc5)cc4)c4ccc5cccc3c5c4)cc2)cc1.c1ccc(-n2c3ccc4cccc(c4c3)n(-c3ccccc3)c3ccc4cccc2c4c3)cc1.c1ccc2cc(-n3c4ccc5cccc(c5c4)n(-c4ccc5ccccc5c4)c4ccc5cccc3c5c4)ccc2c1. The molecule has 0 unspecified atom stereocenters. The lowest BCUT2D eigenvalue weighted by atomic mass is 10.0. The van der Waals surface area contributed by atoms with E-state index >= 15 is 0 Å². The van der Waals surface area contributed by atoms with E-state index in [0.717, 1.165) is 78.3 Å². The molecule has 0 N–H and O–H groups in total. The molecule has 12 bridgehead atoms. The fourth-order valence-electron chi connectivity index (χ4n) is 18.7. The molecule has 6 heteroatoms. The van der Waals surface area contributed by atoms with Gasteiger partial charge in [-0.05, 0) is 258 Å². The molecule has 3 aromatic heterocycles. The van der Waals surface area contributed by atoms with Gasteiger partial charge in [-0.3, -0.25) is 0 Å². The maximum atomic E-state index is 2.42. The van der Waals surface area contributed by atoms with Gasteiger partial charge in [-0.2, -0.15) is 0 Å². The van der Waals surface area contributed by atoms with Crippen molar-refractivity contribution in [2.45, 2.75) is 0 Å². The lowest BCUT2D eigenvalue weighted by Gasteiger charge is -2.18. The molecule has 6 nitrogen and oxygen atoms in total. The number of rotatable bonds is 8. The molecule has 0 atom stereocenters. The van der Waals surface area contributed by atoms with Crippen LogP contribution >= 0.6 is 0 Å². The van der Waals surface area contributed by atoms with Crippen LogP contribution in [0.25, 0.3) is 209 Å². The predicted octanol–water partition coefficient (Wildman–Crippen LogP) is 31.0. The van der Waals surface area contributed by atoms with Gasteiger partial charge in [0, 0.05) is 99.5 Å². The molecule has 3 heterocycles. The molecule has 0 saturated carbocycles. The number of aromatic nitrogens is 6. The van der Waals surface area contributed by atoms with Crippen LogP contribution in [0.5, 0.6) is 0 Å². The number of fused-ring (bicyclic) bond motifs is 8. The largest absolute Gasteiger partial charge is 0.310 e. The van der Waals surface area contributed by atoms with Gasteiger partial charge in [0.25, 0.3) is 0 Å². The van der Waals surface area contributed by atoms with Crippen molar-refractivity contribution in [2.75, 3.05) is 0 Å². The summed E-state index contributed by atoms with van der Waals surface area (Å²) < 4.78 is 14.4. The van der Waals surface area contributed by atoms with Gasteiger partial charge in [-0.1, -0.05) is 291 Å². The predicted molar refractivity (Wildman–Crippen MR) is 518 cm³/mol. The Hall–Kier alpha value is -16.3. The Bertz CT molecular complexity index is 7970. The monoisotopic (exact) mass is 1550 g/mol. The van der Waals surface area contributed by atoms with E-state index in [1.54, 1.807) is 0 Å². The number of para-hydroxylation sites is 2. The quantitative estimate of drug-likeness (QED) is 0.145. The van der Waals surface area contributed by atoms with Gasteiger partial charge in [0.2, 0.25) is 0 Å². The van der Waals surface area contributed by atoms with E-state index in [0.29, 0.717) is 0 Å². The summed E-state index contributed by atoms with van der Waals surface area (Å²) in [5.74, 6) is 0. The molecular formula is C116H78N6. The summed E-state index contributed by atoms with van der Waals surface area (Å²) in [5, 5.41) is 19.6. The second-order valence-electron chi connectivity index (χ2n) is 31.7. The first-order valence-electron chi connectivity index (χ1n) is 41.8. The van der Waals surface area contributed by atoms with Gasteiger partial charge in [-0.15, -0.1) is 0 Å². The highest BCUT2D eigenvalue weighted by atomic mass is 15.0. The average molecular weight is 1560 g/mol. The first-order valence-corrected chi connectivity index (χ1v) is 41.8. The molecule has 0 saturated heterocycles. The summed E-state index contributed by atoms with van der Waals surface area (Å²) >= 11 is 0. The smallest absolute Gasteiger partial charge is 0.0540 e. The molecule has 0 aliphatic rings. The second kappa shape index (κ2) is 30.0. The van der Waals surface area contributed by atoms with E-state index in [1.165, 1.54) is 131 Å². The molecule has 0 spiro atoms. The fraction of sp³-hybridized carbons (Fsp3) is 0. The number of hydrogen-bond acceptors (Lipinski definition) is 0. The van der Waals surface area contributed by atoms with Crippen LogP contribution in [0.4, 0.5) is 0 Å². The molecule has 0 aliphatic heterocycles. The summed E-state index contributed by atoms with van der Waals surface area (Å²) in [5.41, 5.74) is 25.6. The third-order valence-electron chi connectivity index (χ3n) is 24.5. The summed E-state index contributed by atoms with van der Waals surface area (Å²) in [6.45, 7) is 0. The van der Waals surface area contributed by atoms with Crippen molar-refractivity contribution >= 4 is 152 Å². The molecule has 25 rings (SSSR count). The normalized spacial score (nSPS) is 11.6. The number of nitrogens with zero attached hydrogens (tertiary/aromatic N) is 6. The summed E-state index contributed by atoms with van der Waals surface area (Å²) in [7, 11) is 0. The highest BCUT2D eigenvalue weighted by Gasteiger charge is 2.18. The molecule has 25 aromatic rings. The van der Waals surface area contributed by atoms with Gasteiger partial charge in [0.05, 0.1) is 33.1 Å². The van der Waals surface area contributed by atoms with Crippen molar-refractivity contribution in [1.82, 2.24) is 27.4 Å². The number of hydrogen-bond donors (Lipinski definition) is 0. The van der Waals surface area contributed by atoms with E-state index < -0.39 is 0 Å². The van der Waals surface area contributed by atoms with Crippen molar-refractivity contribution in [2.24, 2.45) is 0 Å². The van der Waals surface area contributed by atoms with E-state index in [4.69, 9.17) is 0 Å². The highest BCUT2D eigenvalue weighted by molar-refractivity contribution is 6.09. The topological polar surface area (TPSA) is 29.6 Å². The summed E-state index contributed by atoms with van der Waals surface area (Å²) in [6, 6.07) is 172. The van der Waals surface area contributed by atoms with Crippen molar-refractivity contribution in [1.29, 1.82) is 0 Å². The van der Waals surface area contributed by atoms with E-state index in [9.17, 15) is 0 Å². The molecular weight excluding hydrogens is 1480 g/mol. The third kappa shape index (κ3) is 12.7. The van der Waals surface area contributed by atoms with Crippen LogP contribution in [0.2, 0.25) is 0 Å². The molecule has 0 amide bonds. The Morgan fingerprint density at radius 1 is 0.107 bits per heavy atom. The Kier molecular flexibility index (Phi) is 17.5. The minimum atomic E-state index is 1.13. The zero-order valence-electron chi connectivity index (χ0n) is 66.7. The van der Waals surface area contributed by atoms with Gasteiger partial charge < -0.3 is 27.4 Å². The molecule has 22 aromatic carbocycles. The van der Waals surface area contributed by atoms with Crippen LogP contribution < -0.4 is 0 Å². The first kappa shape index (κ1) is 71.1. The molecule has 122 heavy (non-hydrogen) atoms. The van der Waals surface area contributed by atoms with Crippen molar-refractivity contribution in [3.8, 4) is 56.4 Å². The Labute approximate surface area is 704 Å². The Morgan fingerprint density at radius 3 is 0.557 bits per heavy atom. The first-order chi connectivity index (χ1) is 60.5. The lowest BCUT2D eigenvalue weighted by Crippen LogP contribution is -2.01. The molecule has 0 aliphatic carbocycles. The lowest BCUT2D eigenvalue weighted by molar-refractivity contribution is 1.15. The van der Waals surface area contributed by atoms with Crippen LogP contribution in [-0.4, -0.2) is 27.4 Å². The Morgan fingerprint density at radius 2 is 0.295 bits per heavy atom. The zero-order valence-corrected chi connectivity index (χ0v) is 66.7. The van der Waals surface area contributed by atoms with Crippen molar-refractivity contribution in [3.05, 3.63) is 473 Å². The fourth-order valence-corrected chi connectivity index (χ4v) is 18.7. The van der Waals surface area contributed by atoms with Crippen LogP contribution in [0.15, 0.2) is 473 Å².